The zero-order valence-electron chi connectivity index (χ0n) is 12.6. The fraction of sp³-hybridized carbons (Fsp3) is 1.00. The van der Waals surface area contributed by atoms with Gasteiger partial charge >= 0.3 is 0 Å². The van der Waals surface area contributed by atoms with Crippen LogP contribution in [0.25, 0.3) is 0 Å². The number of aliphatic hydroxyl groups is 7. The lowest BCUT2D eigenvalue weighted by atomic mass is 9.98. The van der Waals surface area contributed by atoms with Crippen molar-refractivity contribution in [3.63, 3.8) is 0 Å². The van der Waals surface area contributed by atoms with Gasteiger partial charge in [0.05, 0.1) is 13.2 Å². The van der Waals surface area contributed by atoms with Crippen molar-refractivity contribution in [3.8, 4) is 0 Å². The van der Waals surface area contributed by atoms with Gasteiger partial charge in [-0.1, -0.05) is 6.92 Å². The van der Waals surface area contributed by atoms with Gasteiger partial charge in [0.2, 0.25) is 0 Å². The molecule has 136 valence electrons. The summed E-state index contributed by atoms with van der Waals surface area (Å²) in [6.07, 6.45) is -11.4. The van der Waals surface area contributed by atoms with Gasteiger partial charge in [-0.2, -0.15) is 0 Å². The van der Waals surface area contributed by atoms with E-state index in [1.807, 2.05) is 0 Å². The lowest BCUT2D eigenvalue weighted by Gasteiger charge is -2.42. The summed E-state index contributed by atoms with van der Waals surface area (Å²) in [5.41, 5.74) is 0. The molecule has 10 heteroatoms. The molecule has 0 aromatic heterocycles. The van der Waals surface area contributed by atoms with E-state index >= 15 is 0 Å². The Morgan fingerprint density at radius 3 is 2.04 bits per heavy atom. The monoisotopic (exact) mass is 340 g/mol. The molecule has 2 aliphatic heterocycles. The molecule has 0 saturated carbocycles. The predicted molar refractivity (Wildman–Crippen MR) is 71.8 cm³/mol. The number of hydrogen-bond acceptors (Lipinski definition) is 10. The van der Waals surface area contributed by atoms with E-state index in [1.165, 1.54) is 0 Å². The molecule has 2 aliphatic rings. The zero-order valence-corrected chi connectivity index (χ0v) is 12.6. The highest BCUT2D eigenvalue weighted by molar-refractivity contribution is 4.97. The fourth-order valence-corrected chi connectivity index (χ4v) is 2.80. The van der Waals surface area contributed by atoms with Crippen molar-refractivity contribution in [2.45, 2.75) is 68.1 Å². The van der Waals surface area contributed by atoms with Gasteiger partial charge in [0.25, 0.3) is 0 Å². The minimum Gasteiger partial charge on any atom is -0.394 e. The Hall–Kier alpha value is -0.400. The van der Waals surface area contributed by atoms with Crippen molar-refractivity contribution in [1.82, 2.24) is 0 Å². The van der Waals surface area contributed by atoms with Crippen LogP contribution in [0.5, 0.6) is 0 Å². The number of ether oxygens (including phenoxy) is 3. The highest BCUT2D eigenvalue weighted by atomic mass is 16.7. The minimum absolute atomic E-state index is 0.0165. The molecule has 0 bridgehead atoms. The highest BCUT2D eigenvalue weighted by Crippen LogP contribution is 2.36. The summed E-state index contributed by atoms with van der Waals surface area (Å²) < 4.78 is 15.7. The van der Waals surface area contributed by atoms with Crippen molar-refractivity contribution < 1.29 is 50.0 Å². The molecule has 0 aromatic rings. The smallest absolute Gasteiger partial charge is 0.195 e. The van der Waals surface area contributed by atoms with Gasteiger partial charge in [0, 0.05) is 6.42 Å². The van der Waals surface area contributed by atoms with Gasteiger partial charge in [0.15, 0.2) is 12.1 Å². The molecule has 9 atom stereocenters. The maximum atomic E-state index is 10.4. The van der Waals surface area contributed by atoms with E-state index in [-0.39, 0.29) is 6.42 Å². The maximum absolute atomic E-state index is 10.4. The molecule has 23 heavy (non-hydrogen) atoms. The molecule has 2 heterocycles. The van der Waals surface area contributed by atoms with Crippen molar-refractivity contribution in [3.05, 3.63) is 0 Å². The third-order valence-electron chi connectivity index (χ3n) is 4.31. The van der Waals surface area contributed by atoms with Crippen LogP contribution >= 0.6 is 0 Å². The summed E-state index contributed by atoms with van der Waals surface area (Å²) in [6, 6.07) is 0. The predicted octanol–water partition coefficient (Wildman–Crippen LogP) is -3.98. The first-order valence-electron chi connectivity index (χ1n) is 7.44. The maximum Gasteiger partial charge on any atom is 0.195 e. The average molecular weight is 340 g/mol. The number of aliphatic hydroxyl groups excluding tert-OH is 6. The van der Waals surface area contributed by atoms with Crippen LogP contribution in [-0.4, -0.2) is 104 Å². The van der Waals surface area contributed by atoms with E-state index in [1.54, 1.807) is 6.92 Å². The van der Waals surface area contributed by atoms with Crippen LogP contribution < -0.4 is 0 Å². The third-order valence-corrected chi connectivity index (χ3v) is 4.31. The van der Waals surface area contributed by atoms with Gasteiger partial charge in [-0.25, -0.2) is 0 Å². The lowest BCUT2D eigenvalue weighted by Crippen LogP contribution is -2.61. The topological polar surface area (TPSA) is 169 Å². The summed E-state index contributed by atoms with van der Waals surface area (Å²) >= 11 is 0. The van der Waals surface area contributed by atoms with Crippen LogP contribution in [0, 0.1) is 0 Å². The SMILES string of the molecule is CCC1(O)OC(CO)C(O)C1OC1OC(CO)C(O)C(O)C1O. The highest BCUT2D eigenvalue weighted by Gasteiger charge is 2.56. The second-order valence-electron chi connectivity index (χ2n) is 5.78. The summed E-state index contributed by atoms with van der Waals surface area (Å²) in [4.78, 5) is 0. The van der Waals surface area contributed by atoms with Crippen LogP contribution in [-0.2, 0) is 14.2 Å². The quantitative estimate of drug-likeness (QED) is 0.262. The van der Waals surface area contributed by atoms with Gasteiger partial charge in [-0.15, -0.1) is 0 Å². The minimum atomic E-state index is -1.92. The van der Waals surface area contributed by atoms with E-state index in [0.29, 0.717) is 0 Å². The normalized spacial score (nSPS) is 51.1. The van der Waals surface area contributed by atoms with Crippen molar-refractivity contribution in [1.29, 1.82) is 0 Å². The number of hydrogen-bond donors (Lipinski definition) is 7. The van der Waals surface area contributed by atoms with E-state index in [4.69, 9.17) is 24.4 Å². The Morgan fingerprint density at radius 2 is 1.52 bits per heavy atom. The van der Waals surface area contributed by atoms with Gasteiger partial charge in [-0.3, -0.25) is 0 Å². The Kier molecular flexibility index (Phi) is 5.95. The molecule has 2 saturated heterocycles. The van der Waals surface area contributed by atoms with E-state index in [0.717, 1.165) is 0 Å². The van der Waals surface area contributed by atoms with Crippen LogP contribution in [0.1, 0.15) is 13.3 Å². The largest absolute Gasteiger partial charge is 0.394 e. The first-order chi connectivity index (χ1) is 10.8. The summed E-state index contributed by atoms with van der Waals surface area (Å²) in [5, 5.41) is 68.1. The van der Waals surface area contributed by atoms with Gasteiger partial charge in [0.1, 0.15) is 42.7 Å². The van der Waals surface area contributed by atoms with E-state index in [2.05, 4.69) is 0 Å². The Bertz CT molecular complexity index is 393. The third kappa shape index (κ3) is 3.37. The molecule has 0 radical (unpaired) electrons. The Labute approximate surface area is 132 Å². The molecular formula is C13H24O10. The summed E-state index contributed by atoms with van der Waals surface area (Å²) in [7, 11) is 0. The van der Waals surface area contributed by atoms with Gasteiger partial charge < -0.3 is 50.0 Å². The molecular weight excluding hydrogens is 316 g/mol. The average Bonchev–Trinajstić information content (AvgIpc) is 2.79. The molecule has 0 spiro atoms. The van der Waals surface area contributed by atoms with Crippen LogP contribution in [0.3, 0.4) is 0 Å². The zero-order chi connectivity index (χ0) is 17.4. The molecule has 7 N–H and O–H groups in total. The molecule has 2 fully saturated rings. The Morgan fingerprint density at radius 1 is 0.913 bits per heavy atom. The second kappa shape index (κ2) is 7.23. The molecule has 0 amide bonds. The van der Waals surface area contributed by atoms with Crippen LogP contribution in [0.2, 0.25) is 0 Å². The lowest BCUT2D eigenvalue weighted by molar-refractivity contribution is -0.339. The molecule has 2 rings (SSSR count). The van der Waals surface area contributed by atoms with Crippen LogP contribution in [0.15, 0.2) is 0 Å². The van der Waals surface area contributed by atoms with Crippen molar-refractivity contribution in [2.24, 2.45) is 0 Å². The summed E-state index contributed by atoms with van der Waals surface area (Å²) in [6.45, 7) is 0.375. The second-order valence-corrected chi connectivity index (χ2v) is 5.78. The number of rotatable bonds is 5. The van der Waals surface area contributed by atoms with Crippen molar-refractivity contribution in [2.75, 3.05) is 13.2 Å². The van der Waals surface area contributed by atoms with Crippen molar-refractivity contribution >= 4 is 0 Å². The molecule has 0 aliphatic carbocycles. The fourth-order valence-electron chi connectivity index (χ4n) is 2.80. The Balaban J connectivity index is 2.15. The summed E-state index contributed by atoms with van der Waals surface area (Å²) in [5.74, 6) is -1.92. The van der Waals surface area contributed by atoms with Gasteiger partial charge in [-0.05, 0) is 0 Å². The molecule has 9 unspecified atom stereocenters. The van der Waals surface area contributed by atoms with E-state index in [9.17, 15) is 25.5 Å². The molecule has 0 aromatic carbocycles. The first kappa shape index (κ1) is 18.9. The standard InChI is InChI=1S/C13H24O10/c1-2-13(20)11(8(17)6(4-15)23-13)22-12-10(19)9(18)7(16)5(3-14)21-12/h5-12,14-20H,2-4H2,1H3. The van der Waals surface area contributed by atoms with E-state index < -0.39 is 68.0 Å². The molecule has 10 nitrogen and oxygen atoms in total. The van der Waals surface area contributed by atoms with Crippen LogP contribution in [0.4, 0.5) is 0 Å². The first-order valence-corrected chi connectivity index (χ1v) is 7.44.